The Morgan fingerprint density at radius 3 is 2.84 bits per heavy atom. The summed E-state index contributed by atoms with van der Waals surface area (Å²) < 4.78 is 13.7. The number of hydrogen-bond acceptors (Lipinski definition) is 3. The predicted molar refractivity (Wildman–Crippen MR) is 80.2 cm³/mol. The largest absolute Gasteiger partial charge is 0.312 e. The van der Waals surface area contributed by atoms with Crippen LogP contribution < -0.4 is 0 Å². The van der Waals surface area contributed by atoms with Gasteiger partial charge in [0.25, 0.3) is 0 Å². The quantitative estimate of drug-likeness (QED) is 0.769. The normalized spacial score (nSPS) is 13.0. The molecule has 0 aliphatic heterocycles. The number of imidazole rings is 1. The van der Waals surface area contributed by atoms with Gasteiger partial charge in [-0.2, -0.15) is 0 Å². The van der Waals surface area contributed by atoms with Gasteiger partial charge in [0.15, 0.2) is 5.65 Å². The van der Waals surface area contributed by atoms with E-state index < -0.39 is 10.8 Å². The molecule has 2 aromatic rings. The van der Waals surface area contributed by atoms with Crippen LogP contribution in [0.5, 0.6) is 0 Å². The van der Waals surface area contributed by atoms with Crippen LogP contribution in [0.2, 0.25) is 0 Å². The van der Waals surface area contributed by atoms with Crippen LogP contribution in [0.1, 0.15) is 18.4 Å². The van der Waals surface area contributed by atoms with Crippen molar-refractivity contribution < 1.29 is 4.21 Å². The summed E-state index contributed by atoms with van der Waals surface area (Å²) in [6.07, 6.45) is 0.704. The molecule has 2 rings (SSSR count). The molecule has 4 nitrogen and oxygen atoms in total. The van der Waals surface area contributed by atoms with Gasteiger partial charge in [0, 0.05) is 46.8 Å². The first-order chi connectivity index (χ1) is 9.15. The highest BCUT2D eigenvalue weighted by atomic mass is 35.5. The van der Waals surface area contributed by atoms with Gasteiger partial charge < -0.3 is 4.57 Å². The summed E-state index contributed by atoms with van der Waals surface area (Å²) in [7, 11) is -0.781. The molecule has 0 N–H and O–H groups in total. The number of fused-ring (bicyclic) bond motifs is 1. The molecule has 0 radical (unpaired) electrons. The fourth-order valence-electron chi connectivity index (χ4n) is 1.99. The van der Waals surface area contributed by atoms with E-state index in [2.05, 4.69) is 14.5 Å². The number of nitrogens with zero attached hydrogens (tertiary/aromatic N) is 3. The molecule has 0 aliphatic carbocycles. The van der Waals surface area contributed by atoms with Crippen LogP contribution in [0.4, 0.5) is 0 Å². The maximum absolute atomic E-state index is 11.6. The van der Waals surface area contributed by atoms with Crippen LogP contribution in [-0.4, -0.2) is 36.1 Å². The van der Waals surface area contributed by atoms with E-state index in [1.165, 1.54) is 0 Å². The first-order valence-corrected chi connectivity index (χ1v) is 8.41. The molecule has 0 aliphatic rings. The summed E-state index contributed by atoms with van der Waals surface area (Å²) in [5, 5.41) is 0. The SMILES string of the molecule is CCS(=O)CCn1c(CCCl)nc2ccc(C)nc21. The lowest BCUT2D eigenvalue weighted by Crippen LogP contribution is -2.12. The van der Waals surface area contributed by atoms with Crippen molar-refractivity contribution in [3.05, 3.63) is 23.7 Å². The fraction of sp³-hybridized carbons (Fsp3) is 0.538. The Labute approximate surface area is 120 Å². The minimum Gasteiger partial charge on any atom is -0.312 e. The smallest absolute Gasteiger partial charge is 0.160 e. The van der Waals surface area contributed by atoms with Crippen LogP contribution in [0, 0.1) is 6.92 Å². The third kappa shape index (κ3) is 3.34. The maximum atomic E-state index is 11.6. The molecule has 1 unspecified atom stereocenters. The average Bonchev–Trinajstić information content (AvgIpc) is 2.73. The number of aryl methyl sites for hydroxylation is 3. The highest BCUT2D eigenvalue weighted by Gasteiger charge is 2.12. The molecule has 0 saturated carbocycles. The zero-order valence-corrected chi connectivity index (χ0v) is 12.8. The average molecular weight is 300 g/mol. The molecule has 19 heavy (non-hydrogen) atoms. The van der Waals surface area contributed by atoms with Gasteiger partial charge in [-0.25, -0.2) is 9.97 Å². The van der Waals surface area contributed by atoms with Crippen LogP contribution in [0.15, 0.2) is 12.1 Å². The van der Waals surface area contributed by atoms with E-state index in [4.69, 9.17) is 11.6 Å². The van der Waals surface area contributed by atoms with E-state index in [-0.39, 0.29) is 0 Å². The van der Waals surface area contributed by atoms with Crippen LogP contribution >= 0.6 is 11.6 Å². The third-order valence-electron chi connectivity index (χ3n) is 2.99. The highest BCUT2D eigenvalue weighted by molar-refractivity contribution is 7.84. The zero-order chi connectivity index (χ0) is 13.8. The van der Waals surface area contributed by atoms with Crippen molar-refractivity contribution in [2.75, 3.05) is 17.4 Å². The van der Waals surface area contributed by atoms with Crippen LogP contribution in [0.25, 0.3) is 11.2 Å². The predicted octanol–water partition coefficient (Wildman–Crippen LogP) is 2.29. The highest BCUT2D eigenvalue weighted by Crippen LogP contribution is 2.16. The fourth-order valence-corrected chi connectivity index (χ4v) is 2.83. The summed E-state index contributed by atoms with van der Waals surface area (Å²) in [5.41, 5.74) is 2.71. The van der Waals surface area contributed by atoms with Crippen molar-refractivity contribution in [1.29, 1.82) is 0 Å². The second-order valence-electron chi connectivity index (χ2n) is 4.35. The number of halogens is 1. The van der Waals surface area contributed by atoms with Gasteiger partial charge in [-0.3, -0.25) is 4.21 Å². The first kappa shape index (κ1) is 14.5. The second-order valence-corrected chi connectivity index (χ2v) is 6.59. The molecule has 2 aromatic heterocycles. The standard InChI is InChI=1S/C13H18ClN3OS/c1-3-19(18)9-8-17-12(6-7-14)16-11-5-4-10(2)15-13(11)17/h4-5H,3,6-9H2,1-2H3. The summed E-state index contributed by atoms with van der Waals surface area (Å²) in [5.74, 6) is 2.77. The molecule has 0 spiro atoms. The molecule has 0 amide bonds. The molecule has 0 saturated heterocycles. The lowest BCUT2D eigenvalue weighted by Gasteiger charge is -2.07. The lowest BCUT2D eigenvalue weighted by atomic mass is 10.3. The Morgan fingerprint density at radius 2 is 2.16 bits per heavy atom. The van der Waals surface area contributed by atoms with Gasteiger partial charge in [-0.15, -0.1) is 11.6 Å². The topological polar surface area (TPSA) is 47.8 Å². The molecule has 0 bridgehead atoms. The Kier molecular flexibility index (Phi) is 4.93. The molecule has 6 heteroatoms. The van der Waals surface area contributed by atoms with Crippen LogP contribution in [0.3, 0.4) is 0 Å². The number of rotatable bonds is 6. The Morgan fingerprint density at radius 1 is 1.37 bits per heavy atom. The number of aromatic nitrogens is 3. The molecular formula is C13H18ClN3OS. The Hall–Kier alpha value is -0.940. The van der Waals surface area contributed by atoms with Gasteiger partial charge >= 0.3 is 0 Å². The molecule has 2 heterocycles. The monoisotopic (exact) mass is 299 g/mol. The molecule has 104 valence electrons. The van der Waals surface area contributed by atoms with Crippen LogP contribution in [-0.2, 0) is 23.8 Å². The number of alkyl halides is 1. The van der Waals surface area contributed by atoms with E-state index in [0.29, 0.717) is 30.4 Å². The molecule has 0 fully saturated rings. The third-order valence-corrected chi connectivity index (χ3v) is 4.46. The minimum atomic E-state index is -0.781. The molecular weight excluding hydrogens is 282 g/mol. The summed E-state index contributed by atoms with van der Waals surface area (Å²) in [4.78, 5) is 9.11. The van der Waals surface area contributed by atoms with Crippen molar-refractivity contribution in [2.45, 2.75) is 26.8 Å². The second kappa shape index (κ2) is 6.48. The van der Waals surface area contributed by atoms with Crippen molar-refractivity contribution in [2.24, 2.45) is 0 Å². The molecule has 1 atom stereocenters. The van der Waals surface area contributed by atoms with Crippen molar-refractivity contribution in [1.82, 2.24) is 14.5 Å². The molecule has 0 aromatic carbocycles. The van der Waals surface area contributed by atoms with E-state index in [0.717, 1.165) is 22.7 Å². The van der Waals surface area contributed by atoms with Gasteiger partial charge in [0.05, 0.1) is 0 Å². The summed E-state index contributed by atoms with van der Waals surface area (Å²) >= 11 is 5.82. The van der Waals surface area contributed by atoms with Crippen molar-refractivity contribution in [3.8, 4) is 0 Å². The van der Waals surface area contributed by atoms with Crippen molar-refractivity contribution >= 4 is 33.6 Å². The van der Waals surface area contributed by atoms with E-state index in [1.54, 1.807) is 0 Å². The lowest BCUT2D eigenvalue weighted by molar-refractivity contribution is 0.670. The van der Waals surface area contributed by atoms with Gasteiger partial charge in [-0.05, 0) is 19.1 Å². The zero-order valence-electron chi connectivity index (χ0n) is 11.2. The number of pyridine rings is 1. The Balaban J connectivity index is 2.38. The van der Waals surface area contributed by atoms with Gasteiger partial charge in [0.2, 0.25) is 0 Å². The first-order valence-electron chi connectivity index (χ1n) is 6.39. The van der Waals surface area contributed by atoms with Gasteiger partial charge in [-0.1, -0.05) is 6.92 Å². The van der Waals surface area contributed by atoms with E-state index in [1.807, 2.05) is 26.0 Å². The van der Waals surface area contributed by atoms with E-state index in [9.17, 15) is 4.21 Å². The summed E-state index contributed by atoms with van der Waals surface area (Å²) in [6, 6.07) is 3.93. The maximum Gasteiger partial charge on any atom is 0.160 e. The minimum absolute atomic E-state index is 0.527. The van der Waals surface area contributed by atoms with Crippen molar-refractivity contribution in [3.63, 3.8) is 0 Å². The summed E-state index contributed by atoms with van der Waals surface area (Å²) in [6.45, 7) is 4.58. The number of hydrogen-bond donors (Lipinski definition) is 0. The Bertz CT molecular complexity index is 597. The van der Waals surface area contributed by atoms with Gasteiger partial charge in [0.1, 0.15) is 11.3 Å². The van der Waals surface area contributed by atoms with E-state index >= 15 is 0 Å².